The van der Waals surface area contributed by atoms with E-state index in [1.165, 1.54) is 38.5 Å². The molecule has 0 spiro atoms. The molecule has 2 saturated carbocycles. The minimum absolute atomic E-state index is 0.139. The number of aromatic nitrogens is 1. The van der Waals surface area contributed by atoms with Gasteiger partial charge >= 0.3 is 0 Å². The van der Waals surface area contributed by atoms with E-state index in [4.69, 9.17) is 4.99 Å². The number of halogens is 1. The third-order valence-corrected chi connectivity index (χ3v) is 8.33. The van der Waals surface area contributed by atoms with Crippen LogP contribution in [-0.4, -0.2) is 32.6 Å². The highest BCUT2D eigenvalue weighted by atomic mass is 79.9. The molecule has 1 saturated heterocycles. The van der Waals surface area contributed by atoms with Crippen molar-refractivity contribution >= 4 is 44.8 Å². The number of hydrogen-bond acceptors (Lipinski definition) is 3. The SMILES string of the molecule is O=C1/C(=C/c2cccn2-c2ccc(Br)cc2)SC(=NC2CCCCC2)N1C1CCCCC1. The van der Waals surface area contributed by atoms with Crippen LogP contribution in [0.3, 0.4) is 0 Å². The molecule has 1 aliphatic heterocycles. The van der Waals surface area contributed by atoms with Crippen LogP contribution in [0.4, 0.5) is 0 Å². The molecular weight excluding hydrogens is 482 g/mol. The first kappa shape index (κ1) is 22.0. The molecule has 1 aromatic heterocycles. The van der Waals surface area contributed by atoms with Crippen molar-refractivity contribution in [3.05, 3.63) is 57.7 Å². The standard InChI is InChI=1S/C26H30BrN3OS/c27-19-13-15-21(16-14-19)29-17-7-12-23(29)18-24-25(31)30(22-10-5-2-6-11-22)26(32-24)28-20-8-3-1-4-9-20/h7,12-18,20,22H,1-6,8-11H2/b24-18-,28-26?. The Balaban J connectivity index is 1.46. The number of hydrogen-bond donors (Lipinski definition) is 0. The van der Waals surface area contributed by atoms with Crippen molar-refractivity contribution in [2.45, 2.75) is 76.3 Å². The van der Waals surface area contributed by atoms with Crippen molar-refractivity contribution in [2.75, 3.05) is 0 Å². The first-order valence-corrected chi connectivity index (χ1v) is 13.5. The van der Waals surface area contributed by atoms with E-state index >= 15 is 0 Å². The summed E-state index contributed by atoms with van der Waals surface area (Å²) in [6, 6.07) is 13.0. The number of carbonyl (C=O) groups is 1. The molecule has 0 atom stereocenters. The van der Waals surface area contributed by atoms with E-state index in [2.05, 4.69) is 49.8 Å². The Morgan fingerprint density at radius 2 is 1.62 bits per heavy atom. The van der Waals surface area contributed by atoms with Gasteiger partial charge in [-0.3, -0.25) is 14.7 Å². The van der Waals surface area contributed by atoms with Gasteiger partial charge in [-0.25, -0.2) is 0 Å². The molecule has 0 N–H and O–H groups in total. The quantitative estimate of drug-likeness (QED) is 0.407. The van der Waals surface area contributed by atoms with Crippen LogP contribution in [0.2, 0.25) is 0 Å². The average Bonchev–Trinajstić information content (AvgIpc) is 3.40. The van der Waals surface area contributed by atoms with E-state index in [0.29, 0.717) is 12.1 Å². The molecule has 1 aromatic carbocycles. The van der Waals surface area contributed by atoms with E-state index in [1.807, 2.05) is 24.3 Å². The van der Waals surface area contributed by atoms with Crippen molar-refractivity contribution in [3.8, 4) is 5.69 Å². The minimum Gasteiger partial charge on any atom is -0.317 e. The number of amidine groups is 1. The van der Waals surface area contributed by atoms with Crippen molar-refractivity contribution in [2.24, 2.45) is 4.99 Å². The number of carbonyl (C=O) groups excluding carboxylic acids is 1. The fourth-order valence-electron chi connectivity index (χ4n) is 5.09. The molecular formula is C26H30BrN3OS. The van der Waals surface area contributed by atoms with Gasteiger partial charge in [0.15, 0.2) is 5.17 Å². The fraction of sp³-hybridized carbons (Fsp3) is 0.462. The topological polar surface area (TPSA) is 37.6 Å². The van der Waals surface area contributed by atoms with Crippen molar-refractivity contribution in [1.82, 2.24) is 9.47 Å². The second kappa shape index (κ2) is 10.0. The number of aliphatic imine (C=N–C) groups is 1. The maximum atomic E-state index is 13.6. The van der Waals surface area contributed by atoms with Crippen LogP contribution in [0.1, 0.15) is 69.9 Å². The summed E-state index contributed by atoms with van der Waals surface area (Å²) in [5.74, 6) is 0.139. The van der Waals surface area contributed by atoms with Gasteiger partial charge in [-0.1, -0.05) is 54.5 Å². The summed E-state index contributed by atoms with van der Waals surface area (Å²) in [5.41, 5.74) is 2.10. The van der Waals surface area contributed by atoms with Gasteiger partial charge in [0, 0.05) is 28.1 Å². The van der Waals surface area contributed by atoms with Crippen LogP contribution in [0, 0.1) is 0 Å². The Morgan fingerprint density at radius 3 is 2.34 bits per heavy atom. The van der Waals surface area contributed by atoms with Crippen LogP contribution in [0.5, 0.6) is 0 Å². The molecule has 32 heavy (non-hydrogen) atoms. The van der Waals surface area contributed by atoms with Crippen molar-refractivity contribution in [1.29, 1.82) is 0 Å². The zero-order chi connectivity index (χ0) is 21.9. The number of amides is 1. The lowest BCUT2D eigenvalue weighted by molar-refractivity contribution is -0.124. The van der Waals surface area contributed by atoms with Crippen LogP contribution >= 0.6 is 27.7 Å². The summed E-state index contributed by atoms with van der Waals surface area (Å²) in [4.78, 5) is 21.6. The second-order valence-corrected chi connectivity index (χ2v) is 11.0. The van der Waals surface area contributed by atoms with Crippen molar-refractivity contribution < 1.29 is 4.79 Å². The maximum Gasteiger partial charge on any atom is 0.267 e. The summed E-state index contributed by atoms with van der Waals surface area (Å²) < 4.78 is 3.19. The third kappa shape index (κ3) is 4.76. The van der Waals surface area contributed by atoms with Gasteiger partial charge in [0.05, 0.1) is 10.9 Å². The first-order chi connectivity index (χ1) is 15.7. The Hall–Kier alpha value is -1.79. The molecule has 3 aliphatic rings. The van der Waals surface area contributed by atoms with Crippen LogP contribution < -0.4 is 0 Å². The number of thioether (sulfide) groups is 1. The number of nitrogens with zero attached hydrogens (tertiary/aromatic N) is 3. The highest BCUT2D eigenvalue weighted by Crippen LogP contribution is 2.38. The zero-order valence-corrected chi connectivity index (χ0v) is 20.8. The Labute approximate surface area is 203 Å². The molecule has 0 radical (unpaired) electrons. The zero-order valence-electron chi connectivity index (χ0n) is 18.4. The summed E-state index contributed by atoms with van der Waals surface area (Å²) in [6.45, 7) is 0. The Morgan fingerprint density at radius 1 is 0.938 bits per heavy atom. The van der Waals surface area contributed by atoms with Crippen LogP contribution in [-0.2, 0) is 4.79 Å². The highest BCUT2D eigenvalue weighted by molar-refractivity contribution is 9.10. The molecule has 0 bridgehead atoms. The van der Waals surface area contributed by atoms with E-state index in [0.717, 1.165) is 51.6 Å². The molecule has 168 valence electrons. The van der Waals surface area contributed by atoms with Gasteiger partial charge in [0.25, 0.3) is 5.91 Å². The molecule has 3 fully saturated rings. The molecule has 6 heteroatoms. The molecule has 2 aromatic rings. The van der Waals surface area contributed by atoms with E-state index < -0.39 is 0 Å². The molecule has 2 aliphatic carbocycles. The van der Waals surface area contributed by atoms with Gasteiger partial charge in [-0.2, -0.15) is 0 Å². The van der Waals surface area contributed by atoms with Gasteiger partial charge in [0.2, 0.25) is 0 Å². The monoisotopic (exact) mass is 511 g/mol. The molecule has 1 amide bonds. The second-order valence-electron chi connectivity index (χ2n) is 9.06. The molecule has 4 nitrogen and oxygen atoms in total. The number of benzene rings is 1. The Bertz CT molecular complexity index is 1010. The van der Waals surface area contributed by atoms with Crippen LogP contribution in [0.25, 0.3) is 11.8 Å². The lowest BCUT2D eigenvalue weighted by Gasteiger charge is -2.31. The third-order valence-electron chi connectivity index (χ3n) is 6.81. The smallest absolute Gasteiger partial charge is 0.267 e. The maximum absolute atomic E-state index is 13.6. The summed E-state index contributed by atoms with van der Waals surface area (Å²) in [6.07, 6.45) is 16.1. The fourth-order valence-corrected chi connectivity index (χ4v) is 6.45. The first-order valence-electron chi connectivity index (χ1n) is 11.9. The summed E-state index contributed by atoms with van der Waals surface area (Å²) in [7, 11) is 0. The summed E-state index contributed by atoms with van der Waals surface area (Å²) in [5, 5.41) is 0.946. The minimum atomic E-state index is 0.139. The molecule has 0 unspecified atom stereocenters. The van der Waals surface area contributed by atoms with Gasteiger partial charge in [-0.15, -0.1) is 0 Å². The predicted molar refractivity (Wildman–Crippen MR) is 137 cm³/mol. The summed E-state index contributed by atoms with van der Waals surface area (Å²) >= 11 is 5.10. The highest BCUT2D eigenvalue weighted by Gasteiger charge is 2.39. The lowest BCUT2D eigenvalue weighted by Crippen LogP contribution is -2.41. The normalized spacial score (nSPS) is 23.5. The van der Waals surface area contributed by atoms with E-state index in [-0.39, 0.29) is 5.91 Å². The Kier molecular flexibility index (Phi) is 6.88. The predicted octanol–water partition coefficient (Wildman–Crippen LogP) is 7.18. The largest absolute Gasteiger partial charge is 0.317 e. The van der Waals surface area contributed by atoms with Gasteiger partial charge < -0.3 is 4.57 Å². The van der Waals surface area contributed by atoms with E-state index in [9.17, 15) is 4.79 Å². The number of rotatable bonds is 4. The van der Waals surface area contributed by atoms with E-state index in [1.54, 1.807) is 11.8 Å². The van der Waals surface area contributed by atoms with Gasteiger partial charge in [-0.05, 0) is 79.9 Å². The van der Waals surface area contributed by atoms with Gasteiger partial charge in [0.1, 0.15) is 0 Å². The molecule has 5 rings (SSSR count). The van der Waals surface area contributed by atoms with Crippen molar-refractivity contribution in [3.63, 3.8) is 0 Å². The average molecular weight is 513 g/mol. The van der Waals surface area contributed by atoms with Crippen LogP contribution in [0.15, 0.2) is 57.0 Å². The molecule has 2 heterocycles. The lowest BCUT2D eigenvalue weighted by atomic mass is 9.94.